The number of carbonyl (C=O) groups excluding carboxylic acids is 1. The maximum Gasteiger partial charge on any atom is 0.249 e. The lowest BCUT2D eigenvalue weighted by Gasteiger charge is -2.18. The van der Waals surface area contributed by atoms with E-state index in [1.807, 2.05) is 30.3 Å². The Bertz CT molecular complexity index is 566. The topological polar surface area (TPSA) is 81.9 Å². The number of amides is 1. The van der Waals surface area contributed by atoms with Crippen LogP contribution in [0.25, 0.3) is 0 Å². The second-order valence-electron chi connectivity index (χ2n) is 4.98. The van der Waals surface area contributed by atoms with Crippen molar-refractivity contribution in [2.24, 2.45) is 0 Å². The van der Waals surface area contributed by atoms with E-state index in [1.54, 1.807) is 0 Å². The van der Waals surface area contributed by atoms with Crippen molar-refractivity contribution in [3.63, 3.8) is 0 Å². The minimum absolute atomic E-state index is 0.110. The molecule has 1 amide bonds. The zero-order chi connectivity index (χ0) is 14.5. The summed E-state index contributed by atoms with van der Waals surface area (Å²) >= 11 is 0. The first kappa shape index (κ1) is 13.7. The summed E-state index contributed by atoms with van der Waals surface area (Å²) in [5.41, 5.74) is 0.842. The molecule has 0 spiro atoms. The van der Waals surface area contributed by atoms with Gasteiger partial charge in [0.2, 0.25) is 5.91 Å². The van der Waals surface area contributed by atoms with E-state index in [0.29, 0.717) is 6.54 Å². The quantitative estimate of drug-likeness (QED) is 0.869. The van der Waals surface area contributed by atoms with Crippen molar-refractivity contribution < 1.29 is 9.53 Å². The average Bonchev–Trinajstić information content (AvgIpc) is 3.20. The molecule has 2 aromatic rings. The molecule has 21 heavy (non-hydrogen) atoms. The smallest absolute Gasteiger partial charge is 0.249 e. The van der Waals surface area contributed by atoms with Gasteiger partial charge < -0.3 is 10.1 Å². The summed E-state index contributed by atoms with van der Waals surface area (Å²) < 4.78 is 6.98. The number of nitrogens with zero attached hydrogens (tertiary/aromatic N) is 4. The summed E-state index contributed by atoms with van der Waals surface area (Å²) in [6, 6.07) is 8.89. The third-order valence-electron chi connectivity index (χ3n) is 3.52. The highest BCUT2D eigenvalue weighted by molar-refractivity contribution is 5.83. The van der Waals surface area contributed by atoms with Gasteiger partial charge in [0.05, 0.1) is 6.10 Å². The van der Waals surface area contributed by atoms with Crippen molar-refractivity contribution >= 4 is 5.91 Å². The predicted octanol–water partition coefficient (Wildman–Crippen LogP) is 0.558. The molecule has 110 valence electrons. The lowest BCUT2D eigenvalue weighted by Crippen LogP contribution is -2.38. The molecule has 2 heterocycles. The molecular weight excluding hydrogens is 270 g/mol. The van der Waals surface area contributed by atoms with Crippen LogP contribution in [0, 0.1) is 0 Å². The second kappa shape index (κ2) is 6.45. The van der Waals surface area contributed by atoms with Gasteiger partial charge in [0.1, 0.15) is 6.33 Å². The normalized spacial score (nSPS) is 19.3. The van der Waals surface area contributed by atoms with E-state index in [4.69, 9.17) is 4.74 Å². The van der Waals surface area contributed by atoms with Gasteiger partial charge >= 0.3 is 0 Å². The average molecular weight is 287 g/mol. The monoisotopic (exact) mass is 287 g/mol. The van der Waals surface area contributed by atoms with Crippen LogP contribution in [-0.4, -0.2) is 45.4 Å². The number of nitrogens with one attached hydrogen (secondary N) is 1. The van der Waals surface area contributed by atoms with Crippen LogP contribution in [0.4, 0.5) is 0 Å². The number of ether oxygens (including phenoxy) is 1. The van der Waals surface area contributed by atoms with Crippen LogP contribution in [0.3, 0.4) is 0 Å². The SMILES string of the molecule is O=C(NCC1CCCO1)C(c1ccccc1)n1cnnn1. The van der Waals surface area contributed by atoms with Gasteiger partial charge in [0, 0.05) is 13.2 Å². The molecule has 0 radical (unpaired) electrons. The first-order valence-corrected chi connectivity index (χ1v) is 7.01. The third-order valence-corrected chi connectivity index (χ3v) is 3.52. The zero-order valence-corrected chi connectivity index (χ0v) is 11.6. The van der Waals surface area contributed by atoms with Gasteiger partial charge in [-0.05, 0) is 28.8 Å². The molecule has 7 heteroatoms. The molecule has 1 aliphatic rings. The van der Waals surface area contributed by atoms with Gasteiger partial charge in [-0.1, -0.05) is 30.3 Å². The van der Waals surface area contributed by atoms with Gasteiger partial charge in [0.25, 0.3) is 0 Å². The van der Waals surface area contributed by atoms with Crippen molar-refractivity contribution in [3.05, 3.63) is 42.2 Å². The summed E-state index contributed by atoms with van der Waals surface area (Å²) in [5.74, 6) is -0.135. The molecule has 1 aliphatic heterocycles. The lowest BCUT2D eigenvalue weighted by molar-refractivity contribution is -0.124. The van der Waals surface area contributed by atoms with Gasteiger partial charge in [-0.2, -0.15) is 0 Å². The van der Waals surface area contributed by atoms with Gasteiger partial charge in [-0.15, -0.1) is 5.10 Å². The van der Waals surface area contributed by atoms with Crippen LogP contribution in [0.15, 0.2) is 36.7 Å². The van der Waals surface area contributed by atoms with Crippen LogP contribution in [0.5, 0.6) is 0 Å². The van der Waals surface area contributed by atoms with Crippen molar-refractivity contribution in [3.8, 4) is 0 Å². The molecule has 2 unspecified atom stereocenters. The van der Waals surface area contributed by atoms with E-state index in [1.165, 1.54) is 11.0 Å². The minimum atomic E-state index is -0.567. The van der Waals surface area contributed by atoms with Crippen molar-refractivity contribution in [2.75, 3.05) is 13.2 Å². The van der Waals surface area contributed by atoms with Gasteiger partial charge in [0.15, 0.2) is 6.04 Å². The largest absolute Gasteiger partial charge is 0.376 e. The Balaban J connectivity index is 1.74. The Morgan fingerprint density at radius 2 is 2.29 bits per heavy atom. The molecule has 7 nitrogen and oxygen atoms in total. The molecular formula is C14H17N5O2. The maximum absolute atomic E-state index is 12.5. The Morgan fingerprint density at radius 1 is 1.43 bits per heavy atom. The zero-order valence-electron chi connectivity index (χ0n) is 11.6. The molecule has 2 atom stereocenters. The van der Waals surface area contributed by atoms with Crippen molar-refractivity contribution in [2.45, 2.75) is 25.0 Å². The second-order valence-corrected chi connectivity index (χ2v) is 4.98. The fraction of sp³-hybridized carbons (Fsp3) is 0.429. The summed E-state index contributed by atoms with van der Waals surface area (Å²) in [7, 11) is 0. The van der Waals surface area contributed by atoms with Gasteiger partial charge in [-0.25, -0.2) is 4.68 Å². The highest BCUT2D eigenvalue weighted by atomic mass is 16.5. The summed E-state index contributed by atoms with van der Waals surface area (Å²) in [4.78, 5) is 12.5. The van der Waals surface area contributed by atoms with E-state index >= 15 is 0 Å². The number of rotatable bonds is 5. The molecule has 1 aromatic carbocycles. The van der Waals surface area contributed by atoms with Crippen LogP contribution in [0.1, 0.15) is 24.4 Å². The fourth-order valence-electron chi connectivity index (χ4n) is 2.46. The Labute approximate surface area is 122 Å². The first-order valence-electron chi connectivity index (χ1n) is 7.01. The number of tetrazole rings is 1. The summed E-state index contributed by atoms with van der Waals surface area (Å²) in [5, 5.41) is 14.0. The highest BCUT2D eigenvalue weighted by Crippen LogP contribution is 2.17. The van der Waals surface area contributed by atoms with Crippen LogP contribution < -0.4 is 5.32 Å². The van der Waals surface area contributed by atoms with Crippen LogP contribution in [0.2, 0.25) is 0 Å². The lowest BCUT2D eigenvalue weighted by atomic mass is 10.1. The molecule has 3 rings (SSSR count). The highest BCUT2D eigenvalue weighted by Gasteiger charge is 2.25. The number of benzene rings is 1. The molecule has 1 fully saturated rings. The Kier molecular flexibility index (Phi) is 4.20. The number of hydrogen-bond acceptors (Lipinski definition) is 5. The molecule has 0 bridgehead atoms. The van der Waals surface area contributed by atoms with E-state index in [0.717, 1.165) is 25.0 Å². The fourth-order valence-corrected chi connectivity index (χ4v) is 2.46. The standard InChI is InChI=1S/C14H17N5O2/c20-14(15-9-12-7-4-8-21-12)13(19-10-16-17-18-19)11-5-2-1-3-6-11/h1-3,5-6,10,12-13H,4,7-9H2,(H,15,20). The van der Waals surface area contributed by atoms with E-state index in [-0.39, 0.29) is 12.0 Å². The summed E-state index contributed by atoms with van der Waals surface area (Å²) in [6.07, 6.45) is 3.60. The Hall–Kier alpha value is -2.28. The molecule has 1 aromatic heterocycles. The molecule has 0 saturated carbocycles. The molecule has 0 aliphatic carbocycles. The molecule has 1 N–H and O–H groups in total. The van der Waals surface area contributed by atoms with Gasteiger partial charge in [-0.3, -0.25) is 4.79 Å². The van der Waals surface area contributed by atoms with Crippen LogP contribution >= 0.6 is 0 Å². The van der Waals surface area contributed by atoms with E-state index in [9.17, 15) is 4.79 Å². The van der Waals surface area contributed by atoms with E-state index in [2.05, 4.69) is 20.8 Å². The van der Waals surface area contributed by atoms with E-state index < -0.39 is 6.04 Å². The Morgan fingerprint density at radius 3 is 2.95 bits per heavy atom. The summed E-state index contributed by atoms with van der Waals surface area (Å²) in [6.45, 7) is 1.29. The van der Waals surface area contributed by atoms with Crippen molar-refractivity contribution in [1.29, 1.82) is 0 Å². The van der Waals surface area contributed by atoms with Crippen molar-refractivity contribution in [1.82, 2.24) is 25.5 Å². The van der Waals surface area contributed by atoms with Crippen LogP contribution in [-0.2, 0) is 9.53 Å². The number of carbonyl (C=O) groups is 1. The third kappa shape index (κ3) is 3.25. The molecule has 1 saturated heterocycles. The first-order chi connectivity index (χ1) is 10.3. The maximum atomic E-state index is 12.5. The predicted molar refractivity (Wildman–Crippen MR) is 74.4 cm³/mol. The number of hydrogen-bond donors (Lipinski definition) is 1. The minimum Gasteiger partial charge on any atom is -0.376 e. The number of aromatic nitrogens is 4.